The van der Waals surface area contributed by atoms with Gasteiger partial charge in [0.2, 0.25) is 0 Å². The monoisotopic (exact) mass is 338 g/mol. The van der Waals surface area contributed by atoms with E-state index < -0.39 is 0 Å². The minimum absolute atomic E-state index is 0.257. The molecular formula is C19H18N2O4. The number of nitrogens with one attached hydrogen (secondary N) is 1. The molecule has 0 aliphatic carbocycles. The molecule has 128 valence electrons. The highest BCUT2D eigenvalue weighted by molar-refractivity contribution is 6.20. The first kappa shape index (κ1) is 16.6. The highest BCUT2D eigenvalue weighted by Gasteiger charge is 2.22. The summed E-state index contributed by atoms with van der Waals surface area (Å²) in [6.07, 6.45) is 1.72. The van der Waals surface area contributed by atoms with E-state index in [0.29, 0.717) is 28.6 Å². The SMILES string of the molecule is COc1ccc(/C=C2/N=C(c3cc(OC)cc(OC)c3)NC2=O)cc1. The number of methoxy groups -OCH3 is 3. The molecule has 3 rings (SSSR count). The second-order valence-corrected chi connectivity index (χ2v) is 5.32. The number of amides is 1. The molecule has 6 heteroatoms. The maximum atomic E-state index is 12.2. The van der Waals surface area contributed by atoms with Crippen molar-refractivity contribution in [2.75, 3.05) is 21.3 Å². The maximum absolute atomic E-state index is 12.2. The van der Waals surface area contributed by atoms with Crippen LogP contribution in [-0.2, 0) is 4.79 Å². The van der Waals surface area contributed by atoms with Crippen LogP contribution in [-0.4, -0.2) is 33.1 Å². The average molecular weight is 338 g/mol. The molecule has 0 bridgehead atoms. The van der Waals surface area contributed by atoms with Crippen LogP contribution in [0.5, 0.6) is 17.2 Å². The summed E-state index contributed by atoms with van der Waals surface area (Å²) in [5, 5.41) is 2.77. The standard InChI is InChI=1S/C19H18N2O4/c1-23-14-6-4-12(5-7-14)8-17-19(22)21-18(20-17)13-9-15(24-2)11-16(10-13)25-3/h4-11H,1-3H3,(H,20,21,22)/b17-8+. The molecule has 25 heavy (non-hydrogen) atoms. The van der Waals surface area contributed by atoms with Crippen molar-refractivity contribution in [1.29, 1.82) is 0 Å². The summed E-state index contributed by atoms with van der Waals surface area (Å²) in [6, 6.07) is 12.7. The molecule has 2 aromatic carbocycles. The van der Waals surface area contributed by atoms with E-state index in [1.807, 2.05) is 24.3 Å². The topological polar surface area (TPSA) is 69.2 Å². The first-order chi connectivity index (χ1) is 12.1. The number of hydrogen-bond acceptors (Lipinski definition) is 5. The summed E-state index contributed by atoms with van der Waals surface area (Å²) in [5.41, 5.74) is 1.91. The molecular weight excluding hydrogens is 320 g/mol. The van der Waals surface area contributed by atoms with Crippen molar-refractivity contribution in [2.24, 2.45) is 4.99 Å². The number of ether oxygens (including phenoxy) is 3. The zero-order chi connectivity index (χ0) is 17.8. The van der Waals surface area contributed by atoms with Crippen LogP contribution in [0.2, 0.25) is 0 Å². The van der Waals surface area contributed by atoms with Gasteiger partial charge < -0.3 is 19.5 Å². The van der Waals surface area contributed by atoms with E-state index in [4.69, 9.17) is 14.2 Å². The molecule has 0 saturated carbocycles. The molecule has 1 aliphatic heterocycles. The average Bonchev–Trinajstić information content (AvgIpc) is 3.02. The van der Waals surface area contributed by atoms with Crippen LogP contribution < -0.4 is 19.5 Å². The predicted molar refractivity (Wildman–Crippen MR) is 95.2 cm³/mol. The Labute approximate surface area is 145 Å². The van der Waals surface area contributed by atoms with Crippen LogP contribution in [0.25, 0.3) is 6.08 Å². The van der Waals surface area contributed by atoms with E-state index >= 15 is 0 Å². The van der Waals surface area contributed by atoms with Crippen molar-refractivity contribution in [3.8, 4) is 17.2 Å². The zero-order valence-corrected chi connectivity index (χ0v) is 14.2. The maximum Gasteiger partial charge on any atom is 0.275 e. The van der Waals surface area contributed by atoms with Gasteiger partial charge in [-0.05, 0) is 35.9 Å². The molecule has 0 spiro atoms. The third kappa shape index (κ3) is 3.63. The van der Waals surface area contributed by atoms with Gasteiger partial charge in [0.15, 0.2) is 0 Å². The van der Waals surface area contributed by atoms with Crippen molar-refractivity contribution in [2.45, 2.75) is 0 Å². The Bertz CT molecular complexity index is 832. The predicted octanol–water partition coefficient (Wildman–Crippen LogP) is 2.63. The molecule has 0 fully saturated rings. The lowest BCUT2D eigenvalue weighted by Crippen LogP contribution is -2.24. The lowest BCUT2D eigenvalue weighted by Gasteiger charge is -2.08. The lowest BCUT2D eigenvalue weighted by atomic mass is 10.2. The van der Waals surface area contributed by atoms with Gasteiger partial charge in [0, 0.05) is 11.6 Å². The molecule has 1 N–H and O–H groups in total. The first-order valence-corrected chi connectivity index (χ1v) is 7.62. The van der Waals surface area contributed by atoms with Gasteiger partial charge in [-0.15, -0.1) is 0 Å². The van der Waals surface area contributed by atoms with E-state index in [0.717, 1.165) is 11.3 Å². The normalized spacial score (nSPS) is 14.9. The van der Waals surface area contributed by atoms with E-state index in [1.54, 1.807) is 45.6 Å². The molecule has 1 aliphatic rings. The third-order valence-corrected chi connectivity index (χ3v) is 3.74. The Morgan fingerprint density at radius 2 is 1.48 bits per heavy atom. The fourth-order valence-electron chi connectivity index (χ4n) is 2.41. The molecule has 1 heterocycles. The van der Waals surface area contributed by atoms with Crippen LogP contribution >= 0.6 is 0 Å². The molecule has 0 atom stereocenters. The van der Waals surface area contributed by atoms with E-state index in [2.05, 4.69) is 10.3 Å². The fourth-order valence-corrected chi connectivity index (χ4v) is 2.41. The number of carbonyl (C=O) groups excluding carboxylic acids is 1. The molecule has 1 amide bonds. The number of amidine groups is 1. The van der Waals surface area contributed by atoms with Gasteiger partial charge in [-0.25, -0.2) is 4.99 Å². The van der Waals surface area contributed by atoms with Crippen LogP contribution in [0.3, 0.4) is 0 Å². The van der Waals surface area contributed by atoms with Gasteiger partial charge in [-0.3, -0.25) is 4.79 Å². The summed E-state index contributed by atoms with van der Waals surface area (Å²) < 4.78 is 15.6. The lowest BCUT2D eigenvalue weighted by molar-refractivity contribution is -0.115. The molecule has 2 aromatic rings. The van der Waals surface area contributed by atoms with Crippen molar-refractivity contribution < 1.29 is 19.0 Å². The van der Waals surface area contributed by atoms with Gasteiger partial charge in [0.05, 0.1) is 21.3 Å². The minimum Gasteiger partial charge on any atom is -0.497 e. The Morgan fingerprint density at radius 3 is 2.04 bits per heavy atom. The van der Waals surface area contributed by atoms with E-state index in [9.17, 15) is 4.79 Å². The summed E-state index contributed by atoms with van der Waals surface area (Å²) in [6.45, 7) is 0. The number of rotatable bonds is 5. The fraction of sp³-hybridized carbons (Fsp3) is 0.158. The highest BCUT2D eigenvalue weighted by Crippen LogP contribution is 2.24. The van der Waals surface area contributed by atoms with Crippen molar-refractivity contribution in [3.05, 3.63) is 59.3 Å². The quantitative estimate of drug-likeness (QED) is 0.851. The molecule has 0 radical (unpaired) electrons. The second-order valence-electron chi connectivity index (χ2n) is 5.32. The Hall–Kier alpha value is -3.28. The highest BCUT2D eigenvalue weighted by atomic mass is 16.5. The van der Waals surface area contributed by atoms with Gasteiger partial charge in [0.25, 0.3) is 5.91 Å². The van der Waals surface area contributed by atoms with Crippen molar-refractivity contribution in [1.82, 2.24) is 5.32 Å². The van der Waals surface area contributed by atoms with E-state index in [-0.39, 0.29) is 5.91 Å². The Balaban J connectivity index is 1.93. The van der Waals surface area contributed by atoms with E-state index in [1.165, 1.54) is 0 Å². The number of aliphatic imine (C=N–C) groups is 1. The van der Waals surface area contributed by atoms with Gasteiger partial charge in [0.1, 0.15) is 28.8 Å². The largest absolute Gasteiger partial charge is 0.497 e. The van der Waals surface area contributed by atoms with Crippen molar-refractivity contribution >= 4 is 17.8 Å². The van der Waals surface area contributed by atoms with Crippen LogP contribution in [0.15, 0.2) is 53.2 Å². The van der Waals surface area contributed by atoms with Crippen molar-refractivity contribution in [3.63, 3.8) is 0 Å². The number of hydrogen-bond donors (Lipinski definition) is 1. The smallest absolute Gasteiger partial charge is 0.275 e. The zero-order valence-electron chi connectivity index (χ0n) is 14.2. The number of nitrogens with zero attached hydrogens (tertiary/aromatic N) is 1. The molecule has 6 nitrogen and oxygen atoms in total. The molecule has 0 unspecified atom stereocenters. The summed E-state index contributed by atoms with van der Waals surface area (Å²) in [7, 11) is 4.75. The van der Waals surface area contributed by atoms with Crippen LogP contribution in [0.4, 0.5) is 0 Å². The number of benzene rings is 2. The Kier molecular flexibility index (Phi) is 4.70. The molecule has 0 saturated heterocycles. The van der Waals surface area contributed by atoms with Crippen LogP contribution in [0.1, 0.15) is 11.1 Å². The Morgan fingerprint density at radius 1 is 0.880 bits per heavy atom. The van der Waals surface area contributed by atoms with Gasteiger partial charge >= 0.3 is 0 Å². The summed E-state index contributed by atoms with van der Waals surface area (Å²) in [4.78, 5) is 16.6. The van der Waals surface area contributed by atoms with Gasteiger partial charge in [-0.2, -0.15) is 0 Å². The van der Waals surface area contributed by atoms with Crippen LogP contribution in [0, 0.1) is 0 Å². The summed E-state index contributed by atoms with van der Waals surface area (Å²) >= 11 is 0. The third-order valence-electron chi connectivity index (χ3n) is 3.74. The number of carbonyl (C=O) groups is 1. The summed E-state index contributed by atoms with van der Waals surface area (Å²) in [5.74, 6) is 2.21. The minimum atomic E-state index is -0.257. The molecule has 0 aromatic heterocycles. The second kappa shape index (κ2) is 7.09. The first-order valence-electron chi connectivity index (χ1n) is 7.62. The van der Waals surface area contributed by atoms with Gasteiger partial charge in [-0.1, -0.05) is 12.1 Å².